The number of rotatable bonds is 6. The number of carbonyl (C=O) groups is 3. The number of primary amides is 1. The molecule has 0 aliphatic carbocycles. The Kier molecular flexibility index (Phi) is 6.96. The van der Waals surface area contributed by atoms with Crippen molar-refractivity contribution in [2.75, 3.05) is 37.1 Å². The average molecular weight is 492 g/mol. The largest absolute Gasteiger partial charge is 0.493 e. The number of amides is 3. The van der Waals surface area contributed by atoms with Crippen molar-refractivity contribution in [2.24, 2.45) is 16.5 Å². The monoisotopic (exact) mass is 491 g/mol. The van der Waals surface area contributed by atoms with Gasteiger partial charge in [0.2, 0.25) is 5.91 Å². The number of piperidine rings is 1. The van der Waals surface area contributed by atoms with E-state index in [0.717, 1.165) is 17.7 Å². The summed E-state index contributed by atoms with van der Waals surface area (Å²) in [5.74, 6) is -0.185. The smallest absolute Gasteiger partial charge is 0.277 e. The van der Waals surface area contributed by atoms with E-state index in [1.807, 2.05) is 25.1 Å². The molecular weight excluding hydrogens is 462 g/mol. The second-order valence-electron chi connectivity index (χ2n) is 8.58. The van der Waals surface area contributed by atoms with Crippen molar-refractivity contribution >= 4 is 40.5 Å². The third-order valence-corrected chi connectivity index (χ3v) is 6.37. The molecule has 2 aliphatic rings. The zero-order chi connectivity index (χ0) is 26.0. The average Bonchev–Trinajstić information content (AvgIpc) is 3.29. The van der Waals surface area contributed by atoms with Gasteiger partial charge in [0, 0.05) is 42.5 Å². The number of hydrogen-bond donors (Lipinski definition) is 2. The normalized spacial score (nSPS) is 18.6. The molecule has 2 fully saturated rings. The van der Waals surface area contributed by atoms with Crippen molar-refractivity contribution in [2.45, 2.75) is 26.2 Å². The first kappa shape index (κ1) is 24.8. The van der Waals surface area contributed by atoms with Crippen LogP contribution in [-0.4, -0.2) is 50.7 Å². The molecule has 0 bridgehead atoms. The molecule has 2 aromatic rings. The minimum atomic E-state index is -0.818. The molecule has 2 aliphatic heterocycles. The maximum absolute atomic E-state index is 13.7. The summed E-state index contributed by atoms with van der Waals surface area (Å²) in [5.41, 5.74) is 14.3. The lowest BCUT2D eigenvalue weighted by Gasteiger charge is -2.31. The van der Waals surface area contributed by atoms with Gasteiger partial charge in [-0.15, -0.1) is 0 Å². The van der Waals surface area contributed by atoms with Crippen LogP contribution in [0.1, 0.15) is 24.8 Å². The number of nitrogens with zero attached hydrogens (tertiary/aromatic N) is 3. The molecule has 2 saturated heterocycles. The Balaban J connectivity index is 1.74. The van der Waals surface area contributed by atoms with Crippen molar-refractivity contribution in [1.82, 2.24) is 0 Å². The summed E-state index contributed by atoms with van der Waals surface area (Å²) in [5, 5.41) is 0. The number of nitrogens with two attached hydrogens (primary N) is 2. The van der Waals surface area contributed by atoms with Crippen LogP contribution < -0.4 is 30.7 Å². The van der Waals surface area contributed by atoms with Crippen LogP contribution in [0, 0.1) is 6.92 Å². The highest BCUT2D eigenvalue weighted by Gasteiger charge is 2.33. The molecule has 0 unspecified atom stereocenters. The van der Waals surface area contributed by atoms with E-state index in [9.17, 15) is 14.4 Å². The number of hydrogen-bond acceptors (Lipinski definition) is 7. The van der Waals surface area contributed by atoms with Gasteiger partial charge < -0.3 is 30.7 Å². The number of carbonyl (C=O) groups excluding carboxylic acids is 3. The summed E-state index contributed by atoms with van der Waals surface area (Å²) in [6.45, 7) is 2.88. The van der Waals surface area contributed by atoms with E-state index in [-0.39, 0.29) is 30.3 Å². The maximum Gasteiger partial charge on any atom is 0.277 e. The second-order valence-corrected chi connectivity index (χ2v) is 8.58. The van der Waals surface area contributed by atoms with Gasteiger partial charge >= 0.3 is 0 Å². The van der Waals surface area contributed by atoms with Gasteiger partial charge in [0.1, 0.15) is 11.4 Å². The van der Waals surface area contributed by atoms with E-state index in [1.54, 1.807) is 28.0 Å². The van der Waals surface area contributed by atoms with Crippen LogP contribution in [0.2, 0.25) is 0 Å². The Morgan fingerprint density at radius 3 is 2.31 bits per heavy atom. The van der Waals surface area contributed by atoms with Crippen LogP contribution in [0.3, 0.4) is 0 Å². The summed E-state index contributed by atoms with van der Waals surface area (Å²) >= 11 is 0. The lowest BCUT2D eigenvalue weighted by molar-refractivity contribution is -0.117. The number of anilines is 2. The number of benzene rings is 2. The molecule has 36 heavy (non-hydrogen) atoms. The first-order chi connectivity index (χ1) is 17.2. The van der Waals surface area contributed by atoms with E-state index in [2.05, 4.69) is 4.99 Å². The van der Waals surface area contributed by atoms with Crippen LogP contribution in [0.5, 0.6) is 11.5 Å². The minimum Gasteiger partial charge on any atom is -0.493 e. The summed E-state index contributed by atoms with van der Waals surface area (Å²) in [6, 6.07) is 10.5. The molecule has 188 valence electrons. The molecule has 0 spiro atoms. The van der Waals surface area contributed by atoms with Crippen LogP contribution >= 0.6 is 0 Å². The predicted octanol–water partition coefficient (Wildman–Crippen LogP) is 2.35. The van der Waals surface area contributed by atoms with E-state index >= 15 is 0 Å². The van der Waals surface area contributed by atoms with Crippen molar-refractivity contribution in [3.63, 3.8) is 0 Å². The predicted molar refractivity (Wildman–Crippen MR) is 137 cm³/mol. The molecule has 4 rings (SSSR count). The van der Waals surface area contributed by atoms with Crippen LogP contribution in [0.4, 0.5) is 17.1 Å². The zero-order valence-corrected chi connectivity index (χ0v) is 20.5. The molecule has 3 amide bonds. The Hall–Kier alpha value is -4.34. The van der Waals surface area contributed by atoms with E-state index in [4.69, 9.17) is 20.9 Å². The molecule has 4 N–H and O–H groups in total. The van der Waals surface area contributed by atoms with Crippen LogP contribution in [-0.2, 0) is 14.4 Å². The molecule has 0 saturated carbocycles. The number of methoxy groups -OCH3 is 2. The summed E-state index contributed by atoms with van der Waals surface area (Å²) in [6.07, 6.45) is 1.66. The fourth-order valence-corrected chi connectivity index (χ4v) is 4.51. The lowest BCUT2D eigenvalue weighted by atomic mass is 9.97. The highest BCUT2D eigenvalue weighted by Crippen LogP contribution is 2.34. The Morgan fingerprint density at radius 2 is 1.69 bits per heavy atom. The fourth-order valence-electron chi connectivity index (χ4n) is 4.51. The molecule has 10 heteroatoms. The topological polar surface area (TPSA) is 141 Å². The molecule has 0 aromatic heterocycles. The van der Waals surface area contributed by atoms with Gasteiger partial charge in [-0.05, 0) is 55.7 Å². The number of aryl methyl sites for hydroxylation is 1. The van der Waals surface area contributed by atoms with Gasteiger partial charge in [-0.25, -0.2) is 4.99 Å². The first-order valence-corrected chi connectivity index (χ1v) is 11.6. The molecular formula is C26H29N5O5. The van der Waals surface area contributed by atoms with Gasteiger partial charge in [0.15, 0.2) is 11.5 Å². The van der Waals surface area contributed by atoms with E-state index in [1.165, 1.54) is 14.2 Å². The van der Waals surface area contributed by atoms with Crippen LogP contribution in [0.25, 0.3) is 0 Å². The van der Waals surface area contributed by atoms with Crippen molar-refractivity contribution in [1.29, 1.82) is 0 Å². The van der Waals surface area contributed by atoms with Gasteiger partial charge in [-0.1, -0.05) is 0 Å². The van der Waals surface area contributed by atoms with Crippen molar-refractivity contribution in [3.05, 3.63) is 53.2 Å². The molecule has 2 heterocycles. The van der Waals surface area contributed by atoms with Gasteiger partial charge in [-0.2, -0.15) is 0 Å². The third-order valence-electron chi connectivity index (χ3n) is 6.37. The summed E-state index contributed by atoms with van der Waals surface area (Å²) in [4.78, 5) is 45.6. The lowest BCUT2D eigenvalue weighted by Crippen LogP contribution is -2.44. The SMILES string of the molecule is COc1ccc(N=C2C(=O)N(c3ccc(N4CCCC4=O)c(C)c3)CCC2=C(N)C(N)=O)cc1OC. The van der Waals surface area contributed by atoms with Gasteiger partial charge in [0.05, 0.1) is 19.9 Å². The van der Waals surface area contributed by atoms with E-state index < -0.39 is 11.8 Å². The highest BCUT2D eigenvalue weighted by molar-refractivity contribution is 6.51. The Labute approximate surface area is 209 Å². The standard InChI is InChI=1S/C26H29N5O5/c1-15-13-17(7-8-19(15)31-11-4-5-22(31)32)30-12-10-18(23(27)25(28)33)24(26(30)34)29-16-6-9-20(35-2)21(14-16)36-3/h6-9,13-14H,4-5,10-12,27H2,1-3H3,(H2,28,33). The molecule has 0 atom stereocenters. The van der Waals surface area contributed by atoms with Crippen molar-refractivity contribution in [3.8, 4) is 11.5 Å². The minimum absolute atomic E-state index is 0.0289. The fraction of sp³-hybridized carbons (Fsp3) is 0.308. The van der Waals surface area contributed by atoms with Gasteiger partial charge in [0.25, 0.3) is 11.8 Å². The Morgan fingerprint density at radius 1 is 0.944 bits per heavy atom. The third kappa shape index (κ3) is 4.61. The van der Waals surface area contributed by atoms with Gasteiger partial charge in [-0.3, -0.25) is 14.4 Å². The van der Waals surface area contributed by atoms with E-state index in [0.29, 0.717) is 41.4 Å². The number of ether oxygens (including phenoxy) is 2. The zero-order valence-electron chi connectivity index (χ0n) is 20.5. The first-order valence-electron chi connectivity index (χ1n) is 11.6. The van der Waals surface area contributed by atoms with Crippen molar-refractivity contribution < 1.29 is 23.9 Å². The highest BCUT2D eigenvalue weighted by atomic mass is 16.5. The quantitative estimate of drug-likeness (QED) is 0.595. The maximum atomic E-state index is 13.7. The van der Waals surface area contributed by atoms with Crippen LogP contribution in [0.15, 0.2) is 52.7 Å². The molecule has 2 aromatic carbocycles. The number of aliphatic imine (C=N–C) groups is 1. The Bertz CT molecular complexity index is 1300. The second kappa shape index (κ2) is 10.1. The summed E-state index contributed by atoms with van der Waals surface area (Å²) in [7, 11) is 3.02. The summed E-state index contributed by atoms with van der Waals surface area (Å²) < 4.78 is 10.6. The molecule has 0 radical (unpaired) electrons. The molecule has 10 nitrogen and oxygen atoms in total.